The average Bonchev–Trinajstić information content (AvgIpc) is 3.40. The molecule has 2 N–H and O–H groups in total. The highest BCUT2D eigenvalue weighted by Crippen LogP contribution is 2.32. The zero-order valence-electron chi connectivity index (χ0n) is 18.2. The Morgan fingerprint density at radius 1 is 1.12 bits per heavy atom. The van der Waals surface area contributed by atoms with E-state index in [0.717, 1.165) is 16.6 Å². The number of nitrogens with zero attached hydrogens (tertiary/aromatic N) is 4. The number of para-hydroxylation sites is 2. The molecule has 2 heterocycles. The van der Waals surface area contributed by atoms with Gasteiger partial charge in [0.25, 0.3) is 5.22 Å². The summed E-state index contributed by atoms with van der Waals surface area (Å²) in [6, 6.07) is 17.5. The third-order valence-electron chi connectivity index (χ3n) is 5.06. The molecule has 7 nitrogen and oxygen atoms in total. The van der Waals surface area contributed by atoms with Crippen LogP contribution in [0.3, 0.4) is 0 Å². The molecule has 8 heteroatoms. The van der Waals surface area contributed by atoms with Crippen LogP contribution in [0.25, 0.3) is 28.1 Å². The number of fused-ring (bicyclic) bond motifs is 1. The van der Waals surface area contributed by atoms with E-state index in [0.29, 0.717) is 16.9 Å². The van der Waals surface area contributed by atoms with Crippen LogP contribution >= 0.6 is 11.8 Å². The lowest BCUT2D eigenvalue weighted by molar-refractivity contribution is 0.399. The van der Waals surface area contributed by atoms with Crippen molar-refractivity contribution in [2.75, 3.05) is 0 Å². The molecule has 4 rings (SSSR count). The number of H-pyrrole nitrogens is 1. The third kappa shape index (κ3) is 4.39. The van der Waals surface area contributed by atoms with Crippen LogP contribution in [0.5, 0.6) is 0 Å². The van der Waals surface area contributed by atoms with Gasteiger partial charge in [-0.3, -0.25) is 0 Å². The molecule has 162 valence electrons. The van der Waals surface area contributed by atoms with Gasteiger partial charge in [0.2, 0.25) is 5.89 Å². The van der Waals surface area contributed by atoms with E-state index >= 15 is 0 Å². The van der Waals surface area contributed by atoms with Crippen molar-refractivity contribution in [1.29, 1.82) is 5.26 Å². The van der Waals surface area contributed by atoms with Crippen LogP contribution in [-0.2, 0) is 5.41 Å². The third-order valence-corrected chi connectivity index (χ3v) is 6.00. The summed E-state index contributed by atoms with van der Waals surface area (Å²) in [4.78, 5) is 7.48. The van der Waals surface area contributed by atoms with Gasteiger partial charge >= 0.3 is 0 Å². The molecule has 0 saturated carbocycles. The summed E-state index contributed by atoms with van der Waals surface area (Å²) < 4.78 is 5.78. The predicted octanol–water partition coefficient (Wildman–Crippen LogP) is 5.88. The van der Waals surface area contributed by atoms with Crippen molar-refractivity contribution in [1.82, 2.24) is 20.2 Å². The van der Waals surface area contributed by atoms with Gasteiger partial charge in [-0.1, -0.05) is 56.8 Å². The normalized spacial score (nSPS) is 13.6. The highest BCUT2D eigenvalue weighted by molar-refractivity contribution is 7.99. The van der Waals surface area contributed by atoms with Gasteiger partial charge in [0.1, 0.15) is 17.4 Å². The van der Waals surface area contributed by atoms with Crippen LogP contribution in [0.4, 0.5) is 0 Å². The van der Waals surface area contributed by atoms with Crippen LogP contribution in [0, 0.1) is 11.3 Å². The minimum Gasteiger partial charge on any atom is -0.510 e. The Kier molecular flexibility index (Phi) is 5.76. The molecule has 0 fully saturated rings. The maximum atomic E-state index is 10.7. The Morgan fingerprint density at radius 3 is 2.50 bits per heavy atom. The highest BCUT2D eigenvalue weighted by Gasteiger charge is 2.22. The summed E-state index contributed by atoms with van der Waals surface area (Å²) >= 11 is 1.18. The standard InChI is InChI=1S/C24H23N5O2S/c1-14(20(30)17(13-25)21-26-18-7-5-6-8-19(18)27-21)32-23-29-28-22(31-23)15-9-11-16(12-10-15)24(2,3)4/h5-12,14,30H,1-4H3,(H,26,27)/b20-17-. The Balaban J connectivity index is 1.54. The predicted molar refractivity (Wildman–Crippen MR) is 125 cm³/mol. The zero-order chi connectivity index (χ0) is 22.9. The second-order valence-corrected chi connectivity index (χ2v) is 9.73. The van der Waals surface area contributed by atoms with E-state index in [1.165, 1.54) is 17.3 Å². The molecule has 0 radical (unpaired) electrons. The minimum absolute atomic E-state index is 0.0615. The van der Waals surface area contributed by atoms with Crippen molar-refractivity contribution in [2.45, 2.75) is 43.6 Å². The minimum atomic E-state index is -0.491. The van der Waals surface area contributed by atoms with E-state index in [2.05, 4.69) is 59.1 Å². The number of aromatic nitrogens is 4. The van der Waals surface area contributed by atoms with Gasteiger partial charge in [-0.05, 0) is 42.2 Å². The lowest BCUT2D eigenvalue weighted by atomic mass is 9.87. The Bertz CT molecular complexity index is 1290. The van der Waals surface area contributed by atoms with Gasteiger partial charge < -0.3 is 14.5 Å². The largest absolute Gasteiger partial charge is 0.510 e. The quantitative estimate of drug-likeness (QED) is 0.224. The molecule has 0 bridgehead atoms. The smallest absolute Gasteiger partial charge is 0.277 e. The van der Waals surface area contributed by atoms with Crippen molar-refractivity contribution in [2.24, 2.45) is 0 Å². The first-order valence-electron chi connectivity index (χ1n) is 10.2. The number of aromatic amines is 1. The van der Waals surface area contributed by atoms with Crippen molar-refractivity contribution >= 4 is 28.4 Å². The molecule has 2 aromatic carbocycles. The number of hydrogen-bond acceptors (Lipinski definition) is 7. The van der Waals surface area contributed by atoms with E-state index < -0.39 is 5.25 Å². The van der Waals surface area contributed by atoms with Crippen LogP contribution < -0.4 is 0 Å². The van der Waals surface area contributed by atoms with Crippen LogP contribution in [0.2, 0.25) is 0 Å². The fourth-order valence-corrected chi connectivity index (χ4v) is 3.95. The Morgan fingerprint density at radius 2 is 1.84 bits per heavy atom. The lowest BCUT2D eigenvalue weighted by Gasteiger charge is -2.18. The fraction of sp³-hybridized carbons (Fsp3) is 0.250. The van der Waals surface area contributed by atoms with Gasteiger partial charge in [-0.2, -0.15) is 5.26 Å². The SMILES string of the molecule is CC(Sc1nnc(-c2ccc(C(C)(C)C)cc2)o1)/C(O)=C(\C#N)c1nc2ccccc2[nH]1. The monoisotopic (exact) mass is 445 g/mol. The van der Waals surface area contributed by atoms with E-state index in [-0.39, 0.29) is 16.7 Å². The molecule has 1 unspecified atom stereocenters. The van der Waals surface area contributed by atoms with E-state index in [4.69, 9.17) is 4.42 Å². The van der Waals surface area contributed by atoms with Crippen LogP contribution in [0.1, 0.15) is 39.1 Å². The van der Waals surface area contributed by atoms with Crippen molar-refractivity contribution in [3.8, 4) is 17.5 Å². The van der Waals surface area contributed by atoms with E-state index in [1.54, 1.807) is 6.92 Å². The average molecular weight is 446 g/mol. The highest BCUT2D eigenvalue weighted by atomic mass is 32.2. The number of allylic oxidation sites excluding steroid dienone is 1. The number of benzene rings is 2. The number of hydrogen-bond donors (Lipinski definition) is 2. The van der Waals surface area contributed by atoms with E-state index in [9.17, 15) is 10.4 Å². The molecule has 1 atom stereocenters. The first kappa shape index (κ1) is 21.7. The van der Waals surface area contributed by atoms with Gasteiger partial charge in [-0.25, -0.2) is 4.98 Å². The molecule has 4 aromatic rings. The first-order valence-corrected chi connectivity index (χ1v) is 11.0. The summed E-state index contributed by atoms with van der Waals surface area (Å²) in [5, 5.41) is 28.4. The number of nitriles is 1. The fourth-order valence-electron chi connectivity index (χ4n) is 3.20. The Labute approximate surface area is 190 Å². The summed E-state index contributed by atoms with van der Waals surface area (Å²) in [5.74, 6) is 0.621. The number of thioether (sulfide) groups is 1. The topological polar surface area (TPSA) is 112 Å². The molecule has 0 amide bonds. The number of imidazole rings is 1. The van der Waals surface area contributed by atoms with Gasteiger partial charge in [-0.15, -0.1) is 10.2 Å². The summed E-state index contributed by atoms with van der Waals surface area (Å²) in [6.45, 7) is 8.24. The number of nitrogens with one attached hydrogen (secondary N) is 1. The molecule has 0 aliphatic rings. The second-order valence-electron chi connectivity index (χ2n) is 8.44. The molecule has 0 saturated heterocycles. The molecular formula is C24H23N5O2S. The second kappa shape index (κ2) is 8.52. The van der Waals surface area contributed by atoms with Crippen LogP contribution in [0.15, 0.2) is 63.9 Å². The summed E-state index contributed by atoms with van der Waals surface area (Å²) in [7, 11) is 0. The van der Waals surface area contributed by atoms with Crippen LogP contribution in [-0.4, -0.2) is 30.5 Å². The number of rotatable bonds is 5. The van der Waals surface area contributed by atoms with Crippen molar-refractivity contribution in [3.63, 3.8) is 0 Å². The van der Waals surface area contributed by atoms with Crippen molar-refractivity contribution < 1.29 is 9.52 Å². The maximum Gasteiger partial charge on any atom is 0.277 e. The lowest BCUT2D eigenvalue weighted by Crippen LogP contribution is -2.10. The molecule has 2 aromatic heterocycles. The molecular weight excluding hydrogens is 422 g/mol. The number of aliphatic hydroxyl groups is 1. The molecule has 0 spiro atoms. The number of aliphatic hydroxyl groups excluding tert-OH is 1. The van der Waals surface area contributed by atoms with Crippen molar-refractivity contribution in [3.05, 3.63) is 65.7 Å². The van der Waals surface area contributed by atoms with Gasteiger partial charge in [0.15, 0.2) is 5.82 Å². The maximum absolute atomic E-state index is 10.7. The molecule has 0 aliphatic carbocycles. The van der Waals surface area contributed by atoms with Gasteiger partial charge in [0, 0.05) is 5.56 Å². The van der Waals surface area contributed by atoms with E-state index in [1.807, 2.05) is 36.4 Å². The van der Waals surface area contributed by atoms with Gasteiger partial charge in [0.05, 0.1) is 16.3 Å². The molecule has 32 heavy (non-hydrogen) atoms. The summed E-state index contributed by atoms with van der Waals surface area (Å²) in [6.07, 6.45) is 0. The zero-order valence-corrected chi connectivity index (χ0v) is 19.1. The summed E-state index contributed by atoms with van der Waals surface area (Å²) in [5.41, 5.74) is 3.70. The Hall–Kier alpha value is -3.57. The first-order chi connectivity index (χ1) is 15.3. The molecule has 0 aliphatic heterocycles.